The van der Waals surface area contributed by atoms with Crippen molar-refractivity contribution >= 4 is 27.5 Å². The van der Waals surface area contributed by atoms with Crippen LogP contribution in [0.15, 0.2) is 54.9 Å². The summed E-state index contributed by atoms with van der Waals surface area (Å²) in [4.78, 5) is 3.37. The fourth-order valence-corrected chi connectivity index (χ4v) is 4.53. The highest BCUT2D eigenvalue weighted by Crippen LogP contribution is 2.33. The number of hydrogen-bond acceptors (Lipinski definition) is 1. The van der Waals surface area contributed by atoms with E-state index in [1.807, 2.05) is 6.92 Å². The van der Waals surface area contributed by atoms with Crippen LogP contribution in [0.2, 0.25) is 0 Å². The Morgan fingerprint density at radius 2 is 2.12 bits per heavy atom. The Balaban J connectivity index is 1.59. The molecule has 0 saturated carbocycles. The molecule has 1 aliphatic heterocycles. The zero-order valence-corrected chi connectivity index (χ0v) is 15.0. The van der Waals surface area contributed by atoms with Gasteiger partial charge in [0, 0.05) is 46.9 Å². The van der Waals surface area contributed by atoms with E-state index in [0.29, 0.717) is 0 Å². The van der Waals surface area contributed by atoms with E-state index in [2.05, 4.69) is 64.4 Å². The molecule has 2 aromatic carbocycles. The number of nitrogens with one attached hydrogen (secondary N) is 2. The summed E-state index contributed by atoms with van der Waals surface area (Å²) in [5.74, 6) is 0.125. The molecule has 1 atom stereocenters. The van der Waals surface area contributed by atoms with Crippen molar-refractivity contribution < 1.29 is 0 Å². The molecule has 26 heavy (non-hydrogen) atoms. The van der Waals surface area contributed by atoms with Crippen LogP contribution in [0, 0.1) is 5.41 Å². The maximum absolute atomic E-state index is 8.44. The molecule has 3 heterocycles. The van der Waals surface area contributed by atoms with E-state index in [4.69, 9.17) is 5.41 Å². The Morgan fingerprint density at radius 1 is 1.23 bits per heavy atom. The van der Waals surface area contributed by atoms with Crippen LogP contribution in [-0.4, -0.2) is 15.3 Å². The van der Waals surface area contributed by atoms with E-state index >= 15 is 0 Å². The molecular weight excluding hydrogens is 318 g/mol. The van der Waals surface area contributed by atoms with Crippen molar-refractivity contribution in [2.24, 2.45) is 0 Å². The van der Waals surface area contributed by atoms with Gasteiger partial charge in [-0.3, -0.25) is 0 Å². The van der Waals surface area contributed by atoms with Crippen LogP contribution in [0.5, 0.6) is 0 Å². The first-order valence-corrected chi connectivity index (χ1v) is 9.42. The molecule has 0 aliphatic carbocycles. The van der Waals surface area contributed by atoms with Gasteiger partial charge in [0.05, 0.1) is 5.52 Å². The van der Waals surface area contributed by atoms with E-state index in [1.165, 1.54) is 44.9 Å². The molecule has 0 spiro atoms. The number of H-pyrrole nitrogens is 1. The summed E-state index contributed by atoms with van der Waals surface area (Å²) in [6, 6.07) is 15.3. The van der Waals surface area contributed by atoms with Crippen molar-refractivity contribution in [2.45, 2.75) is 38.6 Å². The van der Waals surface area contributed by atoms with Crippen LogP contribution in [0.3, 0.4) is 0 Å². The zero-order valence-electron chi connectivity index (χ0n) is 15.0. The van der Waals surface area contributed by atoms with Gasteiger partial charge in [0.1, 0.15) is 0 Å². The van der Waals surface area contributed by atoms with E-state index < -0.39 is 0 Å². The number of aromatic nitrogens is 2. The Bertz CT molecular complexity index is 1130. The first kappa shape index (κ1) is 15.4. The number of rotatable bonds is 4. The second kappa shape index (κ2) is 5.87. The third kappa shape index (κ3) is 2.38. The molecule has 1 aliphatic rings. The molecule has 0 fully saturated rings. The number of hydrogen-bond donors (Lipinski definition) is 2. The van der Waals surface area contributed by atoms with E-state index in [-0.39, 0.29) is 5.92 Å². The Labute approximate surface area is 153 Å². The van der Waals surface area contributed by atoms with E-state index in [0.717, 1.165) is 25.1 Å². The summed E-state index contributed by atoms with van der Waals surface area (Å²) >= 11 is 0. The van der Waals surface area contributed by atoms with Gasteiger partial charge in [-0.1, -0.05) is 24.3 Å². The van der Waals surface area contributed by atoms with Gasteiger partial charge in [-0.2, -0.15) is 0 Å². The monoisotopic (exact) mass is 341 g/mol. The lowest BCUT2D eigenvalue weighted by molar-refractivity contribution is 0.635. The molecule has 0 bridgehead atoms. The molecule has 5 rings (SSSR count). The fraction of sp³-hybridized carbons (Fsp3) is 0.261. The quantitative estimate of drug-likeness (QED) is 0.465. The van der Waals surface area contributed by atoms with Crippen molar-refractivity contribution in [3.8, 4) is 0 Å². The zero-order chi connectivity index (χ0) is 17.7. The molecule has 0 saturated heterocycles. The van der Waals surface area contributed by atoms with Gasteiger partial charge in [0.15, 0.2) is 0 Å². The second-order valence-electron chi connectivity index (χ2n) is 7.53. The van der Waals surface area contributed by atoms with Gasteiger partial charge in [0.25, 0.3) is 0 Å². The normalized spacial score (nSPS) is 14.8. The molecule has 3 heteroatoms. The maximum Gasteiger partial charge on any atom is 0.0513 e. The summed E-state index contributed by atoms with van der Waals surface area (Å²) in [5, 5.41) is 11.0. The highest BCUT2D eigenvalue weighted by molar-refractivity contribution is 5.91. The molecule has 0 radical (unpaired) electrons. The predicted molar refractivity (Wildman–Crippen MR) is 108 cm³/mol. The average Bonchev–Trinajstić information content (AvgIpc) is 3.25. The Hall–Kier alpha value is -2.81. The third-order valence-electron chi connectivity index (χ3n) is 5.83. The molecule has 4 aromatic rings. The van der Waals surface area contributed by atoms with Gasteiger partial charge >= 0.3 is 0 Å². The predicted octanol–water partition coefficient (Wildman–Crippen LogP) is 5.43. The van der Waals surface area contributed by atoms with Crippen molar-refractivity contribution in [2.75, 3.05) is 0 Å². The van der Waals surface area contributed by atoms with Crippen molar-refractivity contribution in [3.63, 3.8) is 0 Å². The minimum absolute atomic E-state index is 0.125. The largest absolute Gasteiger partial charge is 0.361 e. The van der Waals surface area contributed by atoms with Gasteiger partial charge < -0.3 is 15.0 Å². The van der Waals surface area contributed by atoms with Crippen LogP contribution < -0.4 is 0 Å². The second-order valence-corrected chi connectivity index (χ2v) is 7.53. The highest BCUT2D eigenvalue weighted by atomic mass is 15.0. The lowest BCUT2D eigenvalue weighted by atomic mass is 9.86. The lowest BCUT2D eigenvalue weighted by Crippen LogP contribution is -2.13. The summed E-state index contributed by atoms with van der Waals surface area (Å²) in [6.45, 7) is 3.07. The first-order valence-electron chi connectivity index (χ1n) is 9.42. The maximum atomic E-state index is 8.44. The summed E-state index contributed by atoms with van der Waals surface area (Å²) in [7, 11) is 0. The van der Waals surface area contributed by atoms with Crippen LogP contribution >= 0.6 is 0 Å². The van der Waals surface area contributed by atoms with Crippen LogP contribution in [-0.2, 0) is 19.4 Å². The topological polar surface area (TPSA) is 44.6 Å². The molecule has 130 valence electrons. The number of aromatic amines is 1. The average molecular weight is 341 g/mol. The number of nitrogens with zero attached hydrogens (tertiary/aromatic N) is 1. The number of aryl methyl sites for hydroxylation is 2. The van der Waals surface area contributed by atoms with Crippen LogP contribution in [0.4, 0.5) is 0 Å². The van der Waals surface area contributed by atoms with E-state index in [9.17, 15) is 0 Å². The number of benzene rings is 2. The Kier molecular flexibility index (Phi) is 3.49. The number of para-hydroxylation sites is 1. The molecule has 1 unspecified atom stereocenters. The van der Waals surface area contributed by atoms with Crippen molar-refractivity contribution in [3.05, 3.63) is 71.5 Å². The standard InChI is InChI=1S/C23H23N3/c1-15(24)21(13-19-14-25-22-7-3-2-6-20(19)22)18-11-16-5-4-9-26-10-8-17(12-18)23(16)26/h2-3,6-8,10-12,14,21,24-25H,4-5,9,13H2,1H3. The van der Waals surface area contributed by atoms with Gasteiger partial charge in [-0.05, 0) is 61.1 Å². The number of fused-ring (bicyclic) bond motifs is 1. The van der Waals surface area contributed by atoms with Crippen LogP contribution in [0.25, 0.3) is 21.8 Å². The van der Waals surface area contributed by atoms with Gasteiger partial charge in [-0.25, -0.2) is 0 Å². The Morgan fingerprint density at radius 3 is 3.00 bits per heavy atom. The first-order chi connectivity index (χ1) is 12.7. The minimum Gasteiger partial charge on any atom is -0.361 e. The van der Waals surface area contributed by atoms with Crippen LogP contribution in [0.1, 0.15) is 36.0 Å². The van der Waals surface area contributed by atoms with Gasteiger partial charge in [-0.15, -0.1) is 0 Å². The fourth-order valence-electron chi connectivity index (χ4n) is 4.53. The van der Waals surface area contributed by atoms with Crippen molar-refractivity contribution in [1.82, 2.24) is 9.55 Å². The summed E-state index contributed by atoms with van der Waals surface area (Å²) < 4.78 is 2.38. The van der Waals surface area contributed by atoms with Gasteiger partial charge in [0.2, 0.25) is 0 Å². The molecule has 0 amide bonds. The minimum atomic E-state index is 0.125. The van der Waals surface area contributed by atoms with E-state index in [1.54, 1.807) is 0 Å². The smallest absolute Gasteiger partial charge is 0.0513 e. The van der Waals surface area contributed by atoms with Crippen molar-refractivity contribution in [1.29, 1.82) is 5.41 Å². The molecule has 2 aromatic heterocycles. The summed E-state index contributed by atoms with van der Waals surface area (Å²) in [6.07, 6.45) is 7.54. The summed E-state index contributed by atoms with van der Waals surface area (Å²) in [5.41, 5.74) is 7.32. The molecule has 2 N–H and O–H groups in total. The third-order valence-corrected chi connectivity index (χ3v) is 5.83. The molecule has 3 nitrogen and oxygen atoms in total. The SMILES string of the molecule is CC(=N)C(Cc1c[nH]c2ccccc12)c1cc2c3c(ccn3CCC2)c1. The lowest BCUT2D eigenvalue weighted by Gasteiger charge is -2.21. The molecular formula is C23H23N3. The highest BCUT2D eigenvalue weighted by Gasteiger charge is 2.21.